The summed E-state index contributed by atoms with van der Waals surface area (Å²) in [6.45, 7) is 2.30. The van der Waals surface area contributed by atoms with Crippen molar-refractivity contribution in [1.82, 2.24) is 4.90 Å². The SMILES string of the molecule is CCS(=O)(=O)c1ccc2c(c1)CN(C(C)=O)[C@H]2C(=O)Nc1ccccc1C(O)(C(F)(F)F)C(F)(F)F. The van der Waals surface area contributed by atoms with Gasteiger partial charge in [0, 0.05) is 24.7 Å². The van der Waals surface area contributed by atoms with Crippen molar-refractivity contribution in [2.45, 2.75) is 49.3 Å². The molecule has 196 valence electrons. The molecule has 0 aliphatic carbocycles. The average molecular weight is 538 g/mol. The average Bonchev–Trinajstić information content (AvgIpc) is 3.16. The fraction of sp³-hybridized carbons (Fsp3) is 0.364. The van der Waals surface area contributed by atoms with Crippen LogP contribution in [0.2, 0.25) is 0 Å². The fourth-order valence-corrected chi connectivity index (χ4v) is 4.87. The summed E-state index contributed by atoms with van der Waals surface area (Å²) in [6.07, 6.45) is -12.4. The van der Waals surface area contributed by atoms with Gasteiger partial charge in [-0.3, -0.25) is 9.59 Å². The van der Waals surface area contributed by atoms with Crippen molar-refractivity contribution < 1.29 is 49.5 Å². The van der Waals surface area contributed by atoms with E-state index in [0.29, 0.717) is 6.07 Å². The third kappa shape index (κ3) is 4.54. The van der Waals surface area contributed by atoms with Crippen molar-refractivity contribution in [3.63, 3.8) is 0 Å². The van der Waals surface area contributed by atoms with Gasteiger partial charge in [0.25, 0.3) is 11.5 Å². The molecule has 2 aromatic carbocycles. The summed E-state index contributed by atoms with van der Waals surface area (Å²) in [5.41, 5.74) is -7.49. The van der Waals surface area contributed by atoms with Crippen LogP contribution in [0.25, 0.3) is 0 Å². The van der Waals surface area contributed by atoms with E-state index in [9.17, 15) is 49.5 Å². The van der Waals surface area contributed by atoms with Crippen LogP contribution < -0.4 is 5.32 Å². The molecule has 36 heavy (non-hydrogen) atoms. The quantitative estimate of drug-likeness (QED) is 0.564. The molecular weight excluding hydrogens is 518 g/mol. The highest BCUT2D eigenvalue weighted by Gasteiger charge is 2.72. The van der Waals surface area contributed by atoms with E-state index >= 15 is 0 Å². The van der Waals surface area contributed by atoms with Crippen LogP contribution in [-0.2, 0) is 31.6 Å². The molecule has 0 fully saturated rings. The number of carbonyl (C=O) groups excluding carboxylic acids is 2. The molecule has 0 spiro atoms. The van der Waals surface area contributed by atoms with Gasteiger partial charge in [0.2, 0.25) is 5.91 Å². The first-order chi connectivity index (χ1) is 16.5. The standard InChI is InChI=1S/C22H20F6N2O5S/c1-3-36(34,35)14-8-9-15-13(10-14)11-30(12(2)31)18(15)19(32)29-17-7-5-4-6-16(17)20(33,21(23,24)25)22(26,27)28/h4-10,18,33H,3,11H2,1-2H3,(H,29,32)/t18-/m1/s1. The zero-order valence-corrected chi connectivity index (χ0v) is 19.6. The Balaban J connectivity index is 2.07. The number of para-hydroxylation sites is 1. The van der Waals surface area contributed by atoms with Gasteiger partial charge in [-0.15, -0.1) is 0 Å². The highest BCUT2D eigenvalue weighted by atomic mass is 32.2. The zero-order chi connectivity index (χ0) is 27.3. The summed E-state index contributed by atoms with van der Waals surface area (Å²) in [5, 5.41) is 11.8. The topological polar surface area (TPSA) is 104 Å². The molecule has 0 bridgehead atoms. The van der Waals surface area contributed by atoms with Gasteiger partial charge in [0.1, 0.15) is 6.04 Å². The highest BCUT2D eigenvalue weighted by Crippen LogP contribution is 2.52. The van der Waals surface area contributed by atoms with Gasteiger partial charge in [-0.25, -0.2) is 8.42 Å². The lowest BCUT2D eigenvalue weighted by atomic mass is 9.90. The van der Waals surface area contributed by atoms with Crippen LogP contribution in [0.3, 0.4) is 0 Å². The van der Waals surface area contributed by atoms with Crippen molar-refractivity contribution >= 4 is 27.3 Å². The van der Waals surface area contributed by atoms with Crippen LogP contribution in [0.5, 0.6) is 0 Å². The van der Waals surface area contributed by atoms with Crippen molar-refractivity contribution in [1.29, 1.82) is 0 Å². The summed E-state index contributed by atoms with van der Waals surface area (Å²) in [6, 6.07) is 5.26. The lowest BCUT2D eigenvalue weighted by Crippen LogP contribution is -2.54. The van der Waals surface area contributed by atoms with E-state index < -0.39 is 56.9 Å². The van der Waals surface area contributed by atoms with E-state index in [1.165, 1.54) is 25.1 Å². The summed E-state index contributed by atoms with van der Waals surface area (Å²) < 4.78 is 105. The predicted octanol–water partition coefficient (Wildman–Crippen LogP) is 3.83. The Morgan fingerprint density at radius 2 is 1.64 bits per heavy atom. The first-order valence-corrected chi connectivity index (χ1v) is 12.0. The summed E-state index contributed by atoms with van der Waals surface area (Å²) in [7, 11) is -3.64. The number of fused-ring (bicyclic) bond motifs is 1. The van der Waals surface area contributed by atoms with Gasteiger partial charge in [0.15, 0.2) is 9.84 Å². The second kappa shape index (κ2) is 9.07. The number of hydrogen-bond donors (Lipinski definition) is 2. The van der Waals surface area contributed by atoms with E-state index in [1.807, 2.05) is 5.32 Å². The summed E-state index contributed by atoms with van der Waals surface area (Å²) in [5.74, 6) is -2.03. The van der Waals surface area contributed by atoms with Gasteiger partial charge in [-0.1, -0.05) is 31.2 Å². The molecule has 3 rings (SSSR count). The molecular formula is C22H20F6N2O5S. The van der Waals surface area contributed by atoms with Gasteiger partial charge >= 0.3 is 12.4 Å². The highest BCUT2D eigenvalue weighted by molar-refractivity contribution is 7.91. The molecule has 1 heterocycles. The van der Waals surface area contributed by atoms with Crippen LogP contribution in [0.15, 0.2) is 47.4 Å². The van der Waals surface area contributed by atoms with Gasteiger partial charge in [-0.2, -0.15) is 26.3 Å². The fourth-order valence-electron chi connectivity index (χ4n) is 3.94. The molecule has 2 aromatic rings. The maximum atomic E-state index is 13.4. The van der Waals surface area contributed by atoms with E-state index in [-0.39, 0.29) is 28.3 Å². The minimum absolute atomic E-state index is 0.0703. The van der Waals surface area contributed by atoms with Crippen LogP contribution in [0.1, 0.15) is 36.6 Å². The number of nitrogens with zero attached hydrogens (tertiary/aromatic N) is 1. The minimum Gasteiger partial charge on any atom is -0.369 e. The smallest absolute Gasteiger partial charge is 0.369 e. The van der Waals surface area contributed by atoms with Crippen LogP contribution in [0.4, 0.5) is 32.0 Å². The van der Waals surface area contributed by atoms with E-state index in [1.54, 1.807) is 0 Å². The molecule has 1 aliphatic heterocycles. The molecule has 0 saturated carbocycles. The number of nitrogens with one attached hydrogen (secondary N) is 1. The van der Waals surface area contributed by atoms with Crippen LogP contribution >= 0.6 is 0 Å². The molecule has 2 N–H and O–H groups in total. The van der Waals surface area contributed by atoms with Gasteiger partial charge < -0.3 is 15.3 Å². The molecule has 0 saturated heterocycles. The van der Waals surface area contributed by atoms with Gasteiger partial charge in [0.05, 0.1) is 10.6 Å². The predicted molar refractivity (Wildman–Crippen MR) is 114 cm³/mol. The van der Waals surface area contributed by atoms with E-state index in [2.05, 4.69) is 0 Å². The maximum absolute atomic E-state index is 13.4. The number of amides is 2. The molecule has 2 amide bonds. The first-order valence-electron chi connectivity index (χ1n) is 10.3. The third-order valence-electron chi connectivity index (χ3n) is 5.85. The Bertz CT molecular complexity index is 1290. The third-order valence-corrected chi connectivity index (χ3v) is 7.58. The Kier molecular flexibility index (Phi) is 6.92. The molecule has 1 atom stereocenters. The number of halogens is 6. The maximum Gasteiger partial charge on any atom is 0.430 e. The number of aliphatic hydroxyl groups is 1. The minimum atomic E-state index is -6.18. The van der Waals surface area contributed by atoms with E-state index in [4.69, 9.17) is 0 Å². The van der Waals surface area contributed by atoms with Crippen molar-refractivity contribution in [2.75, 3.05) is 11.1 Å². The van der Waals surface area contributed by atoms with Crippen molar-refractivity contribution in [3.05, 3.63) is 59.2 Å². The Labute approximate surface area is 201 Å². The van der Waals surface area contributed by atoms with E-state index in [0.717, 1.165) is 30.0 Å². The largest absolute Gasteiger partial charge is 0.430 e. The number of carbonyl (C=O) groups is 2. The molecule has 7 nitrogen and oxygen atoms in total. The van der Waals surface area contributed by atoms with Gasteiger partial charge in [-0.05, 0) is 29.3 Å². The summed E-state index contributed by atoms with van der Waals surface area (Å²) >= 11 is 0. The lowest BCUT2D eigenvalue weighted by molar-refractivity contribution is -0.376. The normalized spacial score (nSPS) is 16.6. The molecule has 0 radical (unpaired) electrons. The number of benzene rings is 2. The van der Waals surface area contributed by atoms with Crippen LogP contribution in [0, 0.1) is 0 Å². The Morgan fingerprint density at radius 1 is 1.06 bits per heavy atom. The Hall–Kier alpha value is -3.13. The van der Waals surface area contributed by atoms with Crippen molar-refractivity contribution in [2.24, 2.45) is 0 Å². The zero-order valence-electron chi connectivity index (χ0n) is 18.7. The monoisotopic (exact) mass is 538 g/mol. The number of sulfone groups is 1. The second-order valence-corrected chi connectivity index (χ2v) is 10.3. The number of hydrogen-bond acceptors (Lipinski definition) is 5. The lowest BCUT2D eigenvalue weighted by Gasteiger charge is -2.34. The van der Waals surface area contributed by atoms with Crippen LogP contribution in [-0.4, -0.2) is 48.3 Å². The van der Waals surface area contributed by atoms with Crippen molar-refractivity contribution in [3.8, 4) is 0 Å². The molecule has 0 unspecified atom stereocenters. The molecule has 1 aliphatic rings. The number of rotatable bonds is 5. The first kappa shape index (κ1) is 27.5. The number of alkyl halides is 6. The second-order valence-electron chi connectivity index (χ2n) is 8.05. The Morgan fingerprint density at radius 3 is 2.17 bits per heavy atom. The number of anilines is 1. The molecule has 14 heteroatoms. The summed E-state index contributed by atoms with van der Waals surface area (Å²) in [4.78, 5) is 26.3. The molecule has 0 aromatic heterocycles.